The summed E-state index contributed by atoms with van der Waals surface area (Å²) < 4.78 is 0. The molecule has 182 valence electrons. The van der Waals surface area contributed by atoms with Crippen LogP contribution in [-0.2, 0) is 0 Å². The maximum absolute atomic E-state index is 2.50. The van der Waals surface area contributed by atoms with E-state index >= 15 is 0 Å². The number of rotatable bonds is 25. The highest BCUT2D eigenvalue weighted by Crippen LogP contribution is 2.19. The third-order valence-corrected chi connectivity index (χ3v) is 7.39. The lowest BCUT2D eigenvalue weighted by Gasteiger charge is -2.11. The predicted molar refractivity (Wildman–Crippen MR) is 140 cm³/mol. The molecule has 0 nitrogen and oxygen atoms in total. The van der Waals surface area contributed by atoms with Crippen LogP contribution in [0.15, 0.2) is 0 Å². The van der Waals surface area contributed by atoms with E-state index in [1.807, 2.05) is 0 Å². The molecule has 0 aliphatic heterocycles. The van der Waals surface area contributed by atoms with Gasteiger partial charge in [0.15, 0.2) is 0 Å². The van der Waals surface area contributed by atoms with Gasteiger partial charge in [0.2, 0.25) is 0 Å². The molecule has 0 fully saturated rings. The minimum Gasteiger partial charge on any atom is -0.0654 e. The molecule has 0 aromatic carbocycles. The van der Waals surface area contributed by atoms with Crippen molar-refractivity contribution >= 4 is 0 Å². The molecule has 0 aromatic rings. The van der Waals surface area contributed by atoms with Gasteiger partial charge in [0.05, 0.1) is 0 Å². The van der Waals surface area contributed by atoms with Crippen LogP contribution in [0.4, 0.5) is 0 Å². The smallest absolute Gasteiger partial charge is 0.0443 e. The Kier molecular flexibility index (Phi) is 25.3. The van der Waals surface area contributed by atoms with Gasteiger partial charge < -0.3 is 0 Å². The Labute approximate surface area is 193 Å². The Morgan fingerprint density at radius 1 is 0.333 bits per heavy atom. The molecule has 0 bridgehead atoms. The van der Waals surface area contributed by atoms with Crippen molar-refractivity contribution in [2.75, 3.05) is 0 Å². The topological polar surface area (TPSA) is 0 Å². The molecule has 2 unspecified atom stereocenters. The van der Waals surface area contributed by atoms with Gasteiger partial charge in [0, 0.05) is 0 Å². The molecule has 0 rings (SSSR count). The van der Waals surface area contributed by atoms with Crippen LogP contribution in [0.1, 0.15) is 182 Å². The lowest BCUT2D eigenvalue weighted by molar-refractivity contribution is 0.428. The Hall–Kier alpha value is 0. The normalized spacial score (nSPS) is 13.6. The summed E-state index contributed by atoms with van der Waals surface area (Å²) in [7, 11) is 0. The van der Waals surface area contributed by atoms with Gasteiger partial charge >= 0.3 is 0 Å². The molecule has 0 saturated heterocycles. The van der Waals surface area contributed by atoms with Crippen LogP contribution in [0.3, 0.4) is 0 Å². The lowest BCUT2D eigenvalue weighted by atomic mass is 9.95. The van der Waals surface area contributed by atoms with Crippen LogP contribution in [0.2, 0.25) is 0 Å². The first-order valence-corrected chi connectivity index (χ1v) is 14.7. The summed E-state index contributed by atoms with van der Waals surface area (Å²) in [6.07, 6.45) is 35.2. The van der Waals surface area contributed by atoms with E-state index in [4.69, 9.17) is 0 Å². The average molecular weight is 423 g/mol. The van der Waals surface area contributed by atoms with Crippen molar-refractivity contribution in [2.45, 2.75) is 182 Å². The number of unbranched alkanes of at least 4 members (excludes halogenated alkanes) is 18. The van der Waals surface area contributed by atoms with Crippen molar-refractivity contribution in [1.82, 2.24) is 0 Å². The van der Waals surface area contributed by atoms with Gasteiger partial charge in [0.25, 0.3) is 0 Å². The van der Waals surface area contributed by atoms with Crippen LogP contribution >= 0.6 is 0 Å². The van der Waals surface area contributed by atoms with Crippen molar-refractivity contribution in [3.63, 3.8) is 0 Å². The summed E-state index contributed by atoms with van der Waals surface area (Å²) in [6.45, 7) is 9.53. The third kappa shape index (κ3) is 24.3. The highest BCUT2D eigenvalue weighted by Gasteiger charge is 2.02. The first kappa shape index (κ1) is 30.0. The van der Waals surface area contributed by atoms with E-state index in [0.717, 1.165) is 11.8 Å². The molecule has 0 heteroatoms. The highest BCUT2D eigenvalue weighted by molar-refractivity contribution is 4.57. The van der Waals surface area contributed by atoms with E-state index in [9.17, 15) is 0 Å². The summed E-state index contributed by atoms with van der Waals surface area (Å²) in [5.41, 5.74) is 0. The van der Waals surface area contributed by atoms with Crippen LogP contribution in [0.5, 0.6) is 0 Å². The first-order valence-electron chi connectivity index (χ1n) is 14.7. The predicted octanol–water partition coefficient (Wildman–Crippen LogP) is 11.7. The maximum atomic E-state index is 2.50. The molecule has 0 aromatic heterocycles. The molecule has 0 aliphatic carbocycles. The third-order valence-electron chi connectivity index (χ3n) is 7.39. The van der Waals surface area contributed by atoms with E-state index in [2.05, 4.69) is 27.7 Å². The second kappa shape index (κ2) is 25.3. The van der Waals surface area contributed by atoms with E-state index < -0.39 is 0 Å². The minimum absolute atomic E-state index is 0.946. The van der Waals surface area contributed by atoms with Crippen molar-refractivity contribution in [1.29, 1.82) is 0 Å². The van der Waals surface area contributed by atoms with Gasteiger partial charge in [0.1, 0.15) is 0 Å². The molecule has 0 saturated carbocycles. The van der Waals surface area contributed by atoms with E-state index in [1.54, 1.807) is 0 Å². The van der Waals surface area contributed by atoms with E-state index in [0.29, 0.717) is 0 Å². The van der Waals surface area contributed by atoms with Crippen molar-refractivity contribution in [2.24, 2.45) is 11.8 Å². The van der Waals surface area contributed by atoms with Crippen molar-refractivity contribution < 1.29 is 0 Å². The van der Waals surface area contributed by atoms with Crippen molar-refractivity contribution in [3.8, 4) is 0 Å². The number of hydrogen-bond acceptors (Lipinski definition) is 0. The average Bonchev–Trinajstić information content (AvgIpc) is 2.75. The van der Waals surface area contributed by atoms with E-state index in [-0.39, 0.29) is 0 Å². The lowest BCUT2D eigenvalue weighted by Crippen LogP contribution is -1.95. The van der Waals surface area contributed by atoms with E-state index in [1.165, 1.54) is 154 Å². The molecular formula is C30H62. The first-order chi connectivity index (χ1) is 14.7. The molecular weight excluding hydrogens is 360 g/mol. The summed E-state index contributed by atoms with van der Waals surface area (Å²) >= 11 is 0. The van der Waals surface area contributed by atoms with Gasteiger partial charge in [-0.3, -0.25) is 0 Å². The molecule has 0 radical (unpaired) electrons. The zero-order valence-corrected chi connectivity index (χ0v) is 22.1. The van der Waals surface area contributed by atoms with Crippen LogP contribution in [0.25, 0.3) is 0 Å². The summed E-state index contributed by atoms with van der Waals surface area (Å²) in [4.78, 5) is 0. The standard InChI is InChI=1S/C30H62/c1-5-7-8-9-10-11-12-13-14-18-21-24-27-30(4)28-25-22-19-16-15-17-20-23-26-29(3)6-2/h29-30H,5-28H2,1-4H3. The largest absolute Gasteiger partial charge is 0.0654 e. The molecule has 0 amide bonds. The van der Waals surface area contributed by atoms with Gasteiger partial charge in [-0.25, -0.2) is 0 Å². The summed E-state index contributed by atoms with van der Waals surface area (Å²) in [6, 6.07) is 0. The Morgan fingerprint density at radius 3 is 0.900 bits per heavy atom. The van der Waals surface area contributed by atoms with Gasteiger partial charge in [-0.1, -0.05) is 182 Å². The zero-order valence-electron chi connectivity index (χ0n) is 22.1. The SMILES string of the molecule is CCCCCCCCCCCCCCC(C)CCCCCCCCCCC(C)CC. The monoisotopic (exact) mass is 422 g/mol. The van der Waals surface area contributed by atoms with Gasteiger partial charge in [-0.05, 0) is 11.8 Å². The second-order valence-corrected chi connectivity index (χ2v) is 10.7. The fourth-order valence-electron chi connectivity index (χ4n) is 4.73. The quantitative estimate of drug-likeness (QED) is 0.128. The molecule has 2 atom stereocenters. The minimum atomic E-state index is 0.946. The Balaban J connectivity index is 3.16. The summed E-state index contributed by atoms with van der Waals surface area (Å²) in [5, 5.41) is 0. The molecule has 0 aliphatic rings. The Morgan fingerprint density at radius 2 is 0.600 bits per heavy atom. The molecule has 30 heavy (non-hydrogen) atoms. The van der Waals surface area contributed by atoms with Crippen LogP contribution in [0, 0.1) is 11.8 Å². The highest BCUT2D eigenvalue weighted by atomic mass is 14.1. The zero-order chi connectivity index (χ0) is 22.1. The van der Waals surface area contributed by atoms with Crippen molar-refractivity contribution in [3.05, 3.63) is 0 Å². The second-order valence-electron chi connectivity index (χ2n) is 10.7. The molecule has 0 heterocycles. The number of hydrogen-bond donors (Lipinski definition) is 0. The molecule has 0 N–H and O–H groups in total. The molecule has 0 spiro atoms. The fourth-order valence-corrected chi connectivity index (χ4v) is 4.73. The Bertz CT molecular complexity index is 294. The van der Waals surface area contributed by atoms with Crippen LogP contribution in [-0.4, -0.2) is 0 Å². The fraction of sp³-hybridized carbons (Fsp3) is 1.00. The van der Waals surface area contributed by atoms with Gasteiger partial charge in [-0.15, -0.1) is 0 Å². The van der Waals surface area contributed by atoms with Crippen LogP contribution < -0.4 is 0 Å². The summed E-state index contributed by atoms with van der Waals surface area (Å²) in [5.74, 6) is 1.91. The maximum Gasteiger partial charge on any atom is -0.0443 e. The van der Waals surface area contributed by atoms with Gasteiger partial charge in [-0.2, -0.15) is 0 Å².